The summed E-state index contributed by atoms with van der Waals surface area (Å²) >= 11 is 0. The summed E-state index contributed by atoms with van der Waals surface area (Å²) in [6.45, 7) is 4.57. The van der Waals surface area contributed by atoms with Crippen LogP contribution in [0.4, 0.5) is 19.0 Å². The van der Waals surface area contributed by atoms with Gasteiger partial charge in [0.15, 0.2) is 0 Å². The van der Waals surface area contributed by atoms with Gasteiger partial charge in [-0.2, -0.15) is 13.2 Å². The molecule has 2 fully saturated rings. The Bertz CT molecular complexity index is 1080. The largest absolute Gasteiger partial charge is 0.431 e. The fraction of sp³-hybridized carbons (Fsp3) is 0.455. The van der Waals surface area contributed by atoms with E-state index in [9.17, 15) is 13.2 Å². The number of nitrogens with two attached hydrogens (primary N) is 1. The molecule has 2 aliphatic heterocycles. The van der Waals surface area contributed by atoms with E-state index in [1.807, 2.05) is 0 Å². The summed E-state index contributed by atoms with van der Waals surface area (Å²) < 4.78 is 42.1. The Morgan fingerprint density at radius 1 is 1.13 bits per heavy atom. The molecule has 4 heterocycles. The number of aromatic nitrogens is 3. The van der Waals surface area contributed by atoms with Crippen molar-refractivity contribution < 1.29 is 17.9 Å². The van der Waals surface area contributed by atoms with Crippen LogP contribution in [0.1, 0.15) is 23.2 Å². The molecule has 1 atom stereocenters. The van der Waals surface area contributed by atoms with Crippen LogP contribution in [0.2, 0.25) is 0 Å². The smallest absolute Gasteiger partial charge is 0.383 e. The molecule has 2 saturated heterocycles. The predicted molar refractivity (Wildman–Crippen MR) is 110 cm³/mol. The monoisotopic (exact) mass is 431 g/mol. The number of nitrogens with zero attached hydrogens (tertiary/aromatic N) is 3. The van der Waals surface area contributed by atoms with Gasteiger partial charge in [-0.25, -0.2) is 9.97 Å². The first kappa shape index (κ1) is 20.3. The van der Waals surface area contributed by atoms with Gasteiger partial charge in [0.05, 0.1) is 18.6 Å². The minimum absolute atomic E-state index is 0.0294. The van der Waals surface area contributed by atoms with E-state index < -0.39 is 11.9 Å². The van der Waals surface area contributed by atoms with Gasteiger partial charge in [-0.3, -0.25) is 4.90 Å². The highest BCUT2D eigenvalue weighted by Crippen LogP contribution is 2.40. The second kappa shape index (κ2) is 7.49. The third kappa shape index (κ3) is 3.87. The number of anilines is 1. The molecule has 3 aliphatic rings. The van der Waals surface area contributed by atoms with Gasteiger partial charge >= 0.3 is 6.18 Å². The zero-order valence-corrected chi connectivity index (χ0v) is 17.0. The van der Waals surface area contributed by atoms with E-state index in [1.54, 1.807) is 11.1 Å². The lowest BCUT2D eigenvalue weighted by atomic mass is 9.75. The van der Waals surface area contributed by atoms with Crippen molar-refractivity contribution in [1.82, 2.24) is 19.9 Å². The number of rotatable bonds is 1. The molecule has 0 bridgehead atoms. The van der Waals surface area contributed by atoms with Gasteiger partial charge in [-0.15, -0.1) is 0 Å². The van der Waals surface area contributed by atoms with Crippen molar-refractivity contribution in [1.29, 1.82) is 0 Å². The average Bonchev–Trinajstić information content (AvgIpc) is 3.13. The van der Waals surface area contributed by atoms with Crippen LogP contribution in [-0.4, -0.2) is 52.2 Å². The van der Waals surface area contributed by atoms with Crippen molar-refractivity contribution in [3.63, 3.8) is 0 Å². The molecule has 2 aromatic heterocycles. The zero-order chi connectivity index (χ0) is 21.6. The molecular formula is C22H24F3N5O. The molecule has 0 radical (unpaired) electrons. The first-order chi connectivity index (χ1) is 14.8. The number of hydrogen-bond acceptors (Lipinski definition) is 5. The average molecular weight is 431 g/mol. The number of aromatic amines is 1. The highest BCUT2D eigenvalue weighted by atomic mass is 19.4. The number of H-pyrrole nitrogens is 1. The second-order valence-corrected chi connectivity index (χ2v) is 8.77. The van der Waals surface area contributed by atoms with Crippen molar-refractivity contribution in [3.05, 3.63) is 53.5 Å². The Labute approximate surface area is 177 Å². The Kier molecular flexibility index (Phi) is 4.90. The minimum Gasteiger partial charge on any atom is -0.383 e. The maximum Gasteiger partial charge on any atom is 0.431 e. The van der Waals surface area contributed by atoms with Crippen LogP contribution in [0, 0.1) is 5.41 Å². The molecule has 6 nitrogen and oxygen atoms in total. The molecule has 1 aliphatic carbocycles. The molecule has 3 aromatic rings. The van der Waals surface area contributed by atoms with Gasteiger partial charge in [0.1, 0.15) is 23.5 Å². The Hall–Kier alpha value is -2.65. The lowest BCUT2D eigenvalue weighted by Crippen LogP contribution is -2.68. The van der Waals surface area contributed by atoms with E-state index in [1.165, 1.54) is 32.4 Å². The molecule has 0 amide bonds. The van der Waals surface area contributed by atoms with Gasteiger partial charge in [0.2, 0.25) is 0 Å². The quantitative estimate of drug-likeness (QED) is 0.617. The van der Waals surface area contributed by atoms with Crippen LogP contribution in [0.25, 0.3) is 11.0 Å². The third-order valence-corrected chi connectivity index (χ3v) is 6.49. The predicted octanol–water partition coefficient (Wildman–Crippen LogP) is 3.44. The van der Waals surface area contributed by atoms with Crippen LogP contribution >= 0.6 is 0 Å². The normalized spacial score (nSPS) is 22.2. The van der Waals surface area contributed by atoms with Crippen LogP contribution < -0.4 is 5.73 Å². The van der Waals surface area contributed by atoms with E-state index in [4.69, 9.17) is 10.5 Å². The lowest BCUT2D eigenvalue weighted by Gasteiger charge is -2.58. The summed E-state index contributed by atoms with van der Waals surface area (Å²) in [7, 11) is 0. The molecule has 0 saturated carbocycles. The molecule has 6 rings (SSSR count). The summed E-state index contributed by atoms with van der Waals surface area (Å²) in [4.78, 5) is 12.0. The zero-order valence-electron chi connectivity index (χ0n) is 17.0. The van der Waals surface area contributed by atoms with Crippen molar-refractivity contribution in [3.8, 4) is 0 Å². The first-order valence-corrected chi connectivity index (χ1v) is 10.4. The van der Waals surface area contributed by atoms with E-state index in [0.717, 1.165) is 31.6 Å². The van der Waals surface area contributed by atoms with E-state index >= 15 is 0 Å². The Balaban J connectivity index is 0.000000135. The van der Waals surface area contributed by atoms with Gasteiger partial charge in [0, 0.05) is 24.5 Å². The molecule has 1 unspecified atom stereocenters. The molecule has 164 valence electrons. The summed E-state index contributed by atoms with van der Waals surface area (Å²) in [5, 5.41) is 0.180. The first-order valence-electron chi connectivity index (χ1n) is 10.4. The van der Waals surface area contributed by atoms with E-state index in [0.29, 0.717) is 5.41 Å². The molecular weight excluding hydrogens is 407 g/mol. The number of halogens is 3. The molecule has 31 heavy (non-hydrogen) atoms. The number of likely N-dealkylation sites (tertiary alicyclic amines) is 1. The topological polar surface area (TPSA) is 80.1 Å². The number of nitrogens with one attached hydrogen (secondary N) is 1. The van der Waals surface area contributed by atoms with Gasteiger partial charge < -0.3 is 15.5 Å². The summed E-state index contributed by atoms with van der Waals surface area (Å²) in [5.41, 5.74) is 8.31. The minimum atomic E-state index is -4.42. The number of nitrogen functional groups attached to an aromatic ring is 1. The number of fused-ring (bicyclic) bond motifs is 2. The maximum absolute atomic E-state index is 12.2. The highest BCUT2D eigenvalue weighted by Gasteiger charge is 2.50. The third-order valence-electron chi connectivity index (χ3n) is 6.49. The standard InChI is InChI=1S/C15H19NO.C7H5F3N4/c1-2-4-13-7-14(6-5-12(13)3-1)16-8-15(9-16)10-17-11-15;8-7(9,10)4-1-3-5(11)12-2-13-6(3)14-4/h1-4,14H,5-11H2;1-2H,(H3,11,12,13,14). The Morgan fingerprint density at radius 2 is 1.87 bits per heavy atom. The number of aryl methyl sites for hydroxylation is 1. The van der Waals surface area contributed by atoms with Gasteiger partial charge in [-0.05, 0) is 36.5 Å². The molecule has 1 spiro atoms. The van der Waals surface area contributed by atoms with Crippen molar-refractivity contribution >= 4 is 16.9 Å². The molecule has 1 aromatic carbocycles. The van der Waals surface area contributed by atoms with Crippen LogP contribution in [0.15, 0.2) is 36.7 Å². The van der Waals surface area contributed by atoms with Crippen molar-refractivity contribution in [2.45, 2.75) is 31.5 Å². The van der Waals surface area contributed by atoms with Crippen molar-refractivity contribution in [2.24, 2.45) is 5.41 Å². The van der Waals surface area contributed by atoms with Gasteiger partial charge in [0.25, 0.3) is 0 Å². The van der Waals surface area contributed by atoms with Crippen LogP contribution in [-0.2, 0) is 23.8 Å². The van der Waals surface area contributed by atoms with Crippen LogP contribution in [0.3, 0.4) is 0 Å². The van der Waals surface area contributed by atoms with E-state index in [2.05, 4.69) is 44.1 Å². The number of alkyl halides is 3. The van der Waals surface area contributed by atoms with Crippen LogP contribution in [0.5, 0.6) is 0 Å². The number of benzene rings is 1. The van der Waals surface area contributed by atoms with E-state index in [-0.39, 0.29) is 16.9 Å². The fourth-order valence-corrected chi connectivity index (χ4v) is 4.75. The fourth-order valence-electron chi connectivity index (χ4n) is 4.75. The second-order valence-electron chi connectivity index (χ2n) is 8.77. The van der Waals surface area contributed by atoms with Crippen molar-refractivity contribution in [2.75, 3.05) is 32.0 Å². The summed E-state index contributed by atoms with van der Waals surface area (Å²) in [6, 6.07) is 10.6. The van der Waals surface area contributed by atoms with Gasteiger partial charge in [-0.1, -0.05) is 24.3 Å². The summed E-state index contributed by atoms with van der Waals surface area (Å²) in [6.07, 6.45) is 0.545. The Morgan fingerprint density at radius 3 is 2.52 bits per heavy atom. The number of hydrogen-bond donors (Lipinski definition) is 2. The lowest BCUT2D eigenvalue weighted by molar-refractivity contribution is -0.199. The molecule has 9 heteroatoms. The maximum atomic E-state index is 12.2. The molecule has 3 N–H and O–H groups in total. The SMILES string of the molecule is Nc1ncnc2[nH]c(C(F)(F)F)cc12.c1ccc2c(c1)CCC(N1CC3(COC3)C1)C2. The number of ether oxygens (including phenoxy) is 1. The summed E-state index contributed by atoms with van der Waals surface area (Å²) in [5.74, 6) is 0.0294. The highest BCUT2D eigenvalue weighted by molar-refractivity contribution is 5.86.